The predicted octanol–water partition coefficient (Wildman–Crippen LogP) is 2.48. The van der Waals surface area contributed by atoms with Gasteiger partial charge in [-0.05, 0) is 45.7 Å². The summed E-state index contributed by atoms with van der Waals surface area (Å²) in [4.78, 5) is 29.7. The number of likely N-dealkylation sites (tertiary alicyclic amines) is 1. The van der Waals surface area contributed by atoms with Crippen molar-refractivity contribution in [2.45, 2.75) is 44.9 Å². The minimum atomic E-state index is -3.96. The van der Waals surface area contributed by atoms with E-state index in [-0.39, 0.29) is 35.2 Å². The molecule has 1 saturated heterocycles. The lowest BCUT2D eigenvalue weighted by molar-refractivity contribution is -0.116. The highest BCUT2D eigenvalue weighted by Gasteiger charge is 2.32. The summed E-state index contributed by atoms with van der Waals surface area (Å²) < 4.78 is 28.4. The highest BCUT2D eigenvalue weighted by molar-refractivity contribution is 7.89. The van der Waals surface area contributed by atoms with Crippen LogP contribution in [0.25, 0.3) is 0 Å². The maximum Gasteiger partial charge on any atom is 0.257 e. The third-order valence-corrected chi connectivity index (χ3v) is 6.80. The van der Waals surface area contributed by atoms with Crippen molar-refractivity contribution >= 4 is 27.5 Å². The van der Waals surface area contributed by atoms with Gasteiger partial charge in [0, 0.05) is 43.1 Å². The van der Waals surface area contributed by atoms with E-state index >= 15 is 0 Å². The molecule has 162 valence electrons. The molecule has 2 heterocycles. The number of benzene rings is 1. The Balaban J connectivity index is 1.67. The molecule has 2 amide bonds. The average Bonchev–Trinajstić information content (AvgIpc) is 3.31. The second-order valence-corrected chi connectivity index (χ2v) is 9.34. The van der Waals surface area contributed by atoms with E-state index in [1.165, 1.54) is 0 Å². The Bertz CT molecular complexity index is 1040. The van der Waals surface area contributed by atoms with Gasteiger partial charge < -0.3 is 15.2 Å². The van der Waals surface area contributed by atoms with Gasteiger partial charge >= 0.3 is 0 Å². The second kappa shape index (κ2) is 9.01. The maximum absolute atomic E-state index is 13.0. The summed E-state index contributed by atoms with van der Waals surface area (Å²) in [6.45, 7) is 6.48. The monoisotopic (exact) mass is 432 g/mol. The molecule has 3 rings (SSSR count). The average molecular weight is 433 g/mol. The lowest BCUT2D eigenvalue weighted by Crippen LogP contribution is -2.32. The molecule has 0 aliphatic carbocycles. The first-order valence-electron chi connectivity index (χ1n) is 10.0. The molecule has 0 bridgehead atoms. The maximum atomic E-state index is 13.0. The zero-order chi connectivity index (χ0) is 21.9. The highest BCUT2D eigenvalue weighted by Crippen LogP contribution is 2.26. The molecule has 2 aromatic rings. The van der Waals surface area contributed by atoms with Gasteiger partial charge in [-0.3, -0.25) is 9.59 Å². The lowest BCUT2D eigenvalue weighted by atomic mass is 10.2. The van der Waals surface area contributed by atoms with Crippen LogP contribution < -0.4 is 10.0 Å². The van der Waals surface area contributed by atoms with Crippen LogP contribution in [0.4, 0.5) is 5.69 Å². The first kappa shape index (κ1) is 22.0. The minimum Gasteiger partial charge on any atom is -0.361 e. The Kier molecular flexibility index (Phi) is 6.62. The van der Waals surface area contributed by atoms with Crippen LogP contribution in [-0.4, -0.2) is 49.8 Å². The molecular weight excluding hydrogens is 404 g/mol. The Labute approximate surface area is 177 Å². The number of nitrogens with one attached hydrogen (secondary N) is 3. The second-order valence-electron chi connectivity index (χ2n) is 7.64. The number of hydrogen-bond donors (Lipinski definition) is 3. The van der Waals surface area contributed by atoms with Crippen molar-refractivity contribution in [1.82, 2.24) is 14.6 Å². The first-order valence-corrected chi connectivity index (χ1v) is 11.5. The molecule has 9 heteroatoms. The van der Waals surface area contributed by atoms with Crippen molar-refractivity contribution in [2.75, 3.05) is 25.0 Å². The zero-order valence-electron chi connectivity index (χ0n) is 17.5. The number of hydrogen-bond acceptors (Lipinski definition) is 4. The fraction of sp³-hybridized carbons (Fsp3) is 0.429. The summed E-state index contributed by atoms with van der Waals surface area (Å²) in [5.41, 5.74) is 2.86. The highest BCUT2D eigenvalue weighted by atomic mass is 32.2. The number of carbonyl (C=O) groups excluding carboxylic acids is 2. The van der Waals surface area contributed by atoms with Gasteiger partial charge in [-0.25, -0.2) is 13.1 Å². The number of amides is 2. The fourth-order valence-electron chi connectivity index (χ4n) is 3.66. The van der Waals surface area contributed by atoms with Crippen molar-refractivity contribution in [3.05, 3.63) is 46.8 Å². The van der Waals surface area contributed by atoms with Crippen LogP contribution >= 0.6 is 0 Å². The third kappa shape index (κ3) is 4.91. The van der Waals surface area contributed by atoms with E-state index in [2.05, 4.69) is 15.0 Å². The van der Waals surface area contributed by atoms with Gasteiger partial charge in [-0.2, -0.15) is 0 Å². The van der Waals surface area contributed by atoms with Crippen molar-refractivity contribution in [1.29, 1.82) is 0 Å². The Morgan fingerprint density at radius 1 is 1.03 bits per heavy atom. The molecule has 3 N–H and O–H groups in total. The molecule has 0 unspecified atom stereocenters. The Morgan fingerprint density at radius 2 is 1.67 bits per heavy atom. The van der Waals surface area contributed by atoms with Gasteiger partial charge in [0.2, 0.25) is 15.9 Å². The minimum absolute atomic E-state index is 0.0229. The van der Waals surface area contributed by atoms with Crippen LogP contribution in [-0.2, 0) is 14.8 Å². The van der Waals surface area contributed by atoms with E-state index < -0.39 is 10.0 Å². The molecule has 30 heavy (non-hydrogen) atoms. The van der Waals surface area contributed by atoms with Crippen LogP contribution in [0.3, 0.4) is 0 Å². The van der Waals surface area contributed by atoms with Gasteiger partial charge in [0.05, 0.1) is 5.56 Å². The van der Waals surface area contributed by atoms with Crippen LogP contribution in [0.15, 0.2) is 29.2 Å². The van der Waals surface area contributed by atoms with E-state index in [0.29, 0.717) is 30.2 Å². The zero-order valence-corrected chi connectivity index (χ0v) is 18.4. The Morgan fingerprint density at radius 3 is 2.30 bits per heavy atom. The molecule has 1 fully saturated rings. The van der Waals surface area contributed by atoms with E-state index in [9.17, 15) is 18.0 Å². The number of aryl methyl sites for hydroxylation is 3. The standard InChI is InChI=1S/C21H28N4O4S/c1-14-6-8-17(9-7-14)24-18(26)10-11-22-30(28,29)20-16(3)23-15(2)19(20)21(27)25-12-4-5-13-25/h6-9,22-23H,4-5,10-13H2,1-3H3,(H,24,26). The number of rotatable bonds is 7. The van der Waals surface area contributed by atoms with Gasteiger partial charge in [0.15, 0.2) is 0 Å². The number of sulfonamides is 1. The quantitative estimate of drug-likeness (QED) is 0.624. The summed E-state index contributed by atoms with van der Waals surface area (Å²) in [6, 6.07) is 7.35. The van der Waals surface area contributed by atoms with E-state index in [1.54, 1.807) is 30.9 Å². The number of aromatic nitrogens is 1. The molecular formula is C21H28N4O4S. The van der Waals surface area contributed by atoms with Gasteiger partial charge in [0.1, 0.15) is 4.90 Å². The molecule has 0 spiro atoms. The molecule has 8 nitrogen and oxygen atoms in total. The van der Waals surface area contributed by atoms with Crippen molar-refractivity contribution in [3.8, 4) is 0 Å². The summed E-state index contributed by atoms with van der Waals surface area (Å²) in [6.07, 6.45) is 1.82. The summed E-state index contributed by atoms with van der Waals surface area (Å²) in [5.74, 6) is -0.566. The van der Waals surface area contributed by atoms with E-state index in [4.69, 9.17) is 0 Å². The lowest BCUT2D eigenvalue weighted by Gasteiger charge is -2.17. The molecule has 1 aliphatic rings. The topological polar surface area (TPSA) is 111 Å². The van der Waals surface area contributed by atoms with Gasteiger partial charge in [-0.15, -0.1) is 0 Å². The van der Waals surface area contributed by atoms with Gasteiger partial charge in [0.25, 0.3) is 5.91 Å². The predicted molar refractivity (Wildman–Crippen MR) is 115 cm³/mol. The normalized spacial score (nSPS) is 14.2. The number of anilines is 1. The van der Waals surface area contributed by atoms with Crippen molar-refractivity contribution in [3.63, 3.8) is 0 Å². The van der Waals surface area contributed by atoms with Gasteiger partial charge in [-0.1, -0.05) is 17.7 Å². The Hall–Kier alpha value is -2.65. The summed E-state index contributed by atoms with van der Waals surface area (Å²) >= 11 is 0. The van der Waals surface area contributed by atoms with Crippen molar-refractivity contribution in [2.24, 2.45) is 0 Å². The van der Waals surface area contributed by atoms with Crippen LogP contribution in [0.1, 0.15) is 46.6 Å². The largest absolute Gasteiger partial charge is 0.361 e. The van der Waals surface area contributed by atoms with Crippen LogP contribution in [0, 0.1) is 20.8 Å². The van der Waals surface area contributed by atoms with Crippen molar-refractivity contribution < 1.29 is 18.0 Å². The summed E-state index contributed by atoms with van der Waals surface area (Å²) in [7, 11) is -3.96. The van der Waals surface area contributed by atoms with E-state index in [0.717, 1.165) is 18.4 Å². The first-order chi connectivity index (χ1) is 14.2. The number of carbonyl (C=O) groups is 2. The molecule has 0 saturated carbocycles. The molecule has 1 aromatic heterocycles. The van der Waals surface area contributed by atoms with Crippen LogP contribution in [0.5, 0.6) is 0 Å². The summed E-state index contributed by atoms with van der Waals surface area (Å²) in [5, 5.41) is 2.74. The van der Waals surface area contributed by atoms with Crippen LogP contribution in [0.2, 0.25) is 0 Å². The number of aromatic amines is 1. The number of nitrogens with zero attached hydrogens (tertiary/aromatic N) is 1. The smallest absolute Gasteiger partial charge is 0.257 e. The molecule has 1 aromatic carbocycles. The third-order valence-electron chi connectivity index (χ3n) is 5.17. The fourth-order valence-corrected chi connectivity index (χ4v) is 5.14. The molecule has 0 radical (unpaired) electrons. The number of H-pyrrole nitrogens is 1. The molecule has 0 atom stereocenters. The van der Waals surface area contributed by atoms with E-state index in [1.807, 2.05) is 19.1 Å². The molecule has 1 aliphatic heterocycles. The SMILES string of the molecule is Cc1ccc(NC(=O)CCNS(=O)(=O)c2c(C)[nH]c(C)c2C(=O)N2CCCC2)cc1.